The van der Waals surface area contributed by atoms with E-state index in [1.54, 1.807) is 11.3 Å². The van der Waals surface area contributed by atoms with Crippen LogP contribution < -0.4 is 15.5 Å². The van der Waals surface area contributed by atoms with Gasteiger partial charge in [-0.05, 0) is 39.7 Å². The van der Waals surface area contributed by atoms with Crippen LogP contribution in [0.4, 0.5) is 5.13 Å². The number of carbonyl (C=O) groups excluding carboxylic acids is 1. The molecule has 21 heavy (non-hydrogen) atoms. The minimum atomic E-state index is -0.521. The first kappa shape index (κ1) is 14.8. The lowest BCUT2D eigenvalue weighted by Gasteiger charge is -2.41. The van der Waals surface area contributed by atoms with Crippen LogP contribution in [-0.4, -0.2) is 36.1 Å². The van der Waals surface area contributed by atoms with E-state index in [9.17, 15) is 4.79 Å². The van der Waals surface area contributed by atoms with Gasteiger partial charge in [-0.1, -0.05) is 6.92 Å². The molecule has 6 heteroatoms. The maximum atomic E-state index is 12.1. The minimum Gasteiger partial charge on any atom is -0.352 e. The molecule has 0 aromatic carbocycles. The third-order valence-electron chi connectivity index (χ3n) is 4.48. The Kier molecular flexibility index (Phi) is 3.92. The molecule has 2 N–H and O–H groups in total. The second kappa shape index (κ2) is 5.57. The van der Waals surface area contributed by atoms with Crippen LogP contribution in [0.1, 0.15) is 50.2 Å². The standard InChI is InChI=1S/C15H24N4OS/c1-4-16-10-6-5-7-11-12(10)18-14(21-11)19-9-8-17-13(20)15(19,2)3/h10,16H,4-9H2,1-3H3,(H,17,20). The zero-order chi connectivity index (χ0) is 15.0. The average Bonchev–Trinajstić information content (AvgIpc) is 2.86. The van der Waals surface area contributed by atoms with Gasteiger partial charge < -0.3 is 15.5 Å². The van der Waals surface area contributed by atoms with E-state index in [1.807, 2.05) is 13.8 Å². The second-order valence-corrected chi connectivity index (χ2v) is 7.34. The van der Waals surface area contributed by atoms with Crippen LogP contribution in [0.5, 0.6) is 0 Å². The molecule has 1 atom stereocenters. The number of carbonyl (C=O) groups is 1. The summed E-state index contributed by atoms with van der Waals surface area (Å²) in [4.78, 5) is 20.6. The van der Waals surface area contributed by atoms with Crippen LogP contribution in [0.25, 0.3) is 0 Å². The normalized spacial score (nSPS) is 24.6. The summed E-state index contributed by atoms with van der Waals surface area (Å²) in [6, 6.07) is 0.380. The minimum absolute atomic E-state index is 0.0881. The third-order valence-corrected chi connectivity index (χ3v) is 5.63. The third kappa shape index (κ3) is 2.55. The van der Waals surface area contributed by atoms with Crippen molar-refractivity contribution >= 4 is 22.4 Å². The summed E-state index contributed by atoms with van der Waals surface area (Å²) in [6.07, 6.45) is 3.50. The van der Waals surface area contributed by atoms with Gasteiger partial charge in [0.25, 0.3) is 0 Å². The summed E-state index contributed by atoms with van der Waals surface area (Å²) in [5.41, 5.74) is 0.691. The molecule has 5 nitrogen and oxygen atoms in total. The first-order valence-electron chi connectivity index (χ1n) is 7.83. The largest absolute Gasteiger partial charge is 0.352 e. The summed E-state index contributed by atoms with van der Waals surface area (Å²) in [5, 5.41) is 7.48. The van der Waals surface area contributed by atoms with E-state index in [4.69, 9.17) is 4.98 Å². The highest BCUT2D eigenvalue weighted by atomic mass is 32.1. The summed E-state index contributed by atoms with van der Waals surface area (Å²) >= 11 is 1.77. The topological polar surface area (TPSA) is 57.3 Å². The SMILES string of the molecule is CCNC1CCCc2sc(N3CCNC(=O)C3(C)C)nc21. The van der Waals surface area contributed by atoms with Crippen molar-refractivity contribution in [2.75, 3.05) is 24.5 Å². The van der Waals surface area contributed by atoms with Gasteiger partial charge >= 0.3 is 0 Å². The Balaban J connectivity index is 1.92. The Morgan fingerprint density at radius 1 is 1.52 bits per heavy atom. The van der Waals surface area contributed by atoms with Crippen LogP contribution in [-0.2, 0) is 11.2 Å². The van der Waals surface area contributed by atoms with Gasteiger partial charge in [0.1, 0.15) is 5.54 Å². The summed E-state index contributed by atoms with van der Waals surface area (Å²) in [6.45, 7) is 8.59. The van der Waals surface area contributed by atoms with Crippen molar-refractivity contribution in [3.63, 3.8) is 0 Å². The van der Waals surface area contributed by atoms with Crippen LogP contribution in [0.2, 0.25) is 0 Å². The lowest BCUT2D eigenvalue weighted by molar-refractivity contribution is -0.126. The number of nitrogens with one attached hydrogen (secondary N) is 2. The van der Waals surface area contributed by atoms with Crippen molar-refractivity contribution in [2.45, 2.75) is 51.6 Å². The highest BCUT2D eigenvalue weighted by Gasteiger charge is 2.40. The number of thiazole rings is 1. The Hall–Kier alpha value is -1.14. The number of anilines is 1. The molecule has 2 aliphatic rings. The van der Waals surface area contributed by atoms with Gasteiger partial charge in [-0.25, -0.2) is 4.98 Å². The van der Waals surface area contributed by atoms with Gasteiger partial charge in [-0.3, -0.25) is 4.79 Å². The fourth-order valence-electron chi connectivity index (χ4n) is 3.20. The van der Waals surface area contributed by atoms with Crippen LogP contribution >= 0.6 is 11.3 Å². The Morgan fingerprint density at radius 3 is 3.10 bits per heavy atom. The molecule has 1 amide bonds. The second-order valence-electron chi connectivity index (χ2n) is 6.27. The Labute approximate surface area is 130 Å². The molecule has 1 unspecified atom stereocenters. The molecule has 116 valence electrons. The first-order chi connectivity index (χ1) is 10.0. The van der Waals surface area contributed by atoms with Crippen molar-refractivity contribution < 1.29 is 4.79 Å². The number of hydrogen-bond acceptors (Lipinski definition) is 5. The fraction of sp³-hybridized carbons (Fsp3) is 0.733. The zero-order valence-electron chi connectivity index (χ0n) is 13.0. The molecule has 1 fully saturated rings. The van der Waals surface area contributed by atoms with E-state index in [0.29, 0.717) is 12.6 Å². The number of piperazine rings is 1. The molecule has 1 saturated heterocycles. The maximum absolute atomic E-state index is 12.1. The molecule has 1 aromatic heterocycles. The van der Waals surface area contributed by atoms with Gasteiger partial charge in [0, 0.05) is 18.0 Å². The molecule has 1 aliphatic carbocycles. The van der Waals surface area contributed by atoms with Crippen LogP contribution in [0.3, 0.4) is 0 Å². The van der Waals surface area contributed by atoms with Gasteiger partial charge in [0.05, 0.1) is 11.7 Å². The number of hydrogen-bond donors (Lipinski definition) is 2. The van der Waals surface area contributed by atoms with E-state index >= 15 is 0 Å². The van der Waals surface area contributed by atoms with Crippen molar-refractivity contribution in [3.8, 4) is 0 Å². The number of aryl methyl sites for hydroxylation is 1. The van der Waals surface area contributed by atoms with Gasteiger partial charge in [0.2, 0.25) is 5.91 Å². The lowest BCUT2D eigenvalue weighted by atomic mass is 9.97. The smallest absolute Gasteiger partial charge is 0.245 e. The van der Waals surface area contributed by atoms with Crippen LogP contribution in [0.15, 0.2) is 0 Å². The number of nitrogens with zero attached hydrogens (tertiary/aromatic N) is 2. The summed E-state index contributed by atoms with van der Waals surface area (Å²) in [5.74, 6) is 0.0881. The van der Waals surface area contributed by atoms with E-state index in [-0.39, 0.29) is 5.91 Å². The predicted octanol–water partition coefficient (Wildman–Crippen LogP) is 1.84. The van der Waals surface area contributed by atoms with Crippen molar-refractivity contribution in [1.82, 2.24) is 15.6 Å². The monoisotopic (exact) mass is 308 g/mol. The highest BCUT2D eigenvalue weighted by Crippen LogP contribution is 2.38. The van der Waals surface area contributed by atoms with Gasteiger partial charge in [-0.2, -0.15) is 0 Å². The molecule has 0 radical (unpaired) electrons. The fourth-order valence-corrected chi connectivity index (χ4v) is 4.53. The van der Waals surface area contributed by atoms with Crippen LogP contribution in [0, 0.1) is 0 Å². The highest BCUT2D eigenvalue weighted by molar-refractivity contribution is 7.15. The molecular weight excluding hydrogens is 284 g/mol. The predicted molar refractivity (Wildman–Crippen MR) is 85.9 cm³/mol. The molecule has 1 aromatic rings. The number of fused-ring (bicyclic) bond motifs is 1. The number of rotatable bonds is 3. The van der Waals surface area contributed by atoms with E-state index in [1.165, 1.54) is 17.0 Å². The molecule has 0 saturated carbocycles. The van der Waals surface area contributed by atoms with Crippen molar-refractivity contribution in [1.29, 1.82) is 0 Å². The quantitative estimate of drug-likeness (QED) is 0.895. The Morgan fingerprint density at radius 2 is 2.33 bits per heavy atom. The summed E-state index contributed by atoms with van der Waals surface area (Å²) < 4.78 is 0. The van der Waals surface area contributed by atoms with E-state index < -0.39 is 5.54 Å². The lowest BCUT2D eigenvalue weighted by Crippen LogP contribution is -2.62. The number of aromatic nitrogens is 1. The maximum Gasteiger partial charge on any atom is 0.245 e. The average molecular weight is 308 g/mol. The van der Waals surface area contributed by atoms with Gasteiger partial charge in [-0.15, -0.1) is 11.3 Å². The zero-order valence-corrected chi connectivity index (χ0v) is 13.8. The number of amides is 1. The van der Waals surface area contributed by atoms with Gasteiger partial charge in [0.15, 0.2) is 5.13 Å². The van der Waals surface area contributed by atoms with Crippen molar-refractivity contribution in [2.24, 2.45) is 0 Å². The van der Waals surface area contributed by atoms with E-state index in [2.05, 4.69) is 22.5 Å². The summed E-state index contributed by atoms with van der Waals surface area (Å²) in [7, 11) is 0. The Bertz CT molecular complexity index is 540. The molecule has 0 bridgehead atoms. The first-order valence-corrected chi connectivity index (χ1v) is 8.64. The molecular formula is C15H24N4OS. The molecule has 1 aliphatic heterocycles. The molecule has 2 heterocycles. The molecule has 3 rings (SSSR count). The molecule has 0 spiro atoms. The van der Waals surface area contributed by atoms with Crippen molar-refractivity contribution in [3.05, 3.63) is 10.6 Å². The van der Waals surface area contributed by atoms with E-state index in [0.717, 1.165) is 31.1 Å².